The molecule has 7 nitrogen and oxygen atoms in total. The van der Waals surface area contributed by atoms with Crippen LogP contribution in [0.5, 0.6) is 0 Å². The summed E-state index contributed by atoms with van der Waals surface area (Å²) in [6.45, 7) is 3.10. The Bertz CT molecular complexity index is 652. The van der Waals surface area contributed by atoms with Crippen molar-refractivity contribution >= 4 is 5.69 Å². The van der Waals surface area contributed by atoms with Crippen LogP contribution in [0.3, 0.4) is 0 Å². The van der Waals surface area contributed by atoms with Crippen molar-refractivity contribution in [3.05, 3.63) is 45.5 Å². The van der Waals surface area contributed by atoms with Crippen LogP contribution >= 0.6 is 0 Å². The second kappa shape index (κ2) is 4.91. The van der Waals surface area contributed by atoms with Gasteiger partial charge in [-0.1, -0.05) is 0 Å². The Morgan fingerprint density at radius 3 is 2.72 bits per heavy atom. The first kappa shape index (κ1) is 12.2. The van der Waals surface area contributed by atoms with Gasteiger partial charge in [-0.15, -0.1) is 0 Å². The molecule has 0 saturated heterocycles. The molecule has 0 aliphatic rings. The molecule has 0 saturated carbocycles. The third kappa shape index (κ3) is 2.34. The average molecular weight is 249 g/mol. The summed E-state index contributed by atoms with van der Waals surface area (Å²) in [5.41, 5.74) is 5.49. The molecule has 0 spiro atoms. The quantitative estimate of drug-likeness (QED) is 0.792. The maximum atomic E-state index is 11.9. The van der Waals surface area contributed by atoms with Gasteiger partial charge in [-0.2, -0.15) is 5.10 Å². The first-order valence-corrected chi connectivity index (χ1v) is 5.70. The highest BCUT2D eigenvalue weighted by Crippen LogP contribution is 1.97. The van der Waals surface area contributed by atoms with Gasteiger partial charge in [-0.05, 0) is 6.92 Å². The molecule has 0 amide bonds. The van der Waals surface area contributed by atoms with Gasteiger partial charge >= 0.3 is 5.69 Å². The average Bonchev–Trinajstić information content (AvgIpc) is 2.75. The number of nitrogen functional groups attached to an aromatic ring is 1. The standard InChI is InChI=1S/C11H15N5O2/c1-2-14-4-3-10(17)16(11(14)18)6-5-15-8-9(12)7-13-15/h3-4,7-8H,2,5-6,12H2,1H3. The van der Waals surface area contributed by atoms with Gasteiger partial charge in [0.1, 0.15) is 0 Å². The molecule has 7 heteroatoms. The van der Waals surface area contributed by atoms with Crippen LogP contribution in [0.25, 0.3) is 0 Å². The van der Waals surface area contributed by atoms with Crippen molar-refractivity contribution in [2.75, 3.05) is 5.73 Å². The lowest BCUT2D eigenvalue weighted by atomic mass is 10.5. The molecule has 0 unspecified atom stereocenters. The minimum absolute atomic E-state index is 0.277. The molecule has 2 aromatic rings. The number of hydrogen-bond acceptors (Lipinski definition) is 4. The van der Waals surface area contributed by atoms with Crippen molar-refractivity contribution in [3.63, 3.8) is 0 Å². The molecular formula is C11H15N5O2. The Hall–Kier alpha value is -2.31. The molecule has 0 atom stereocenters. The number of rotatable bonds is 4. The van der Waals surface area contributed by atoms with E-state index in [4.69, 9.17) is 5.73 Å². The van der Waals surface area contributed by atoms with Gasteiger partial charge in [-0.3, -0.25) is 14.0 Å². The molecular weight excluding hydrogens is 234 g/mol. The number of anilines is 1. The van der Waals surface area contributed by atoms with E-state index in [9.17, 15) is 9.59 Å². The molecule has 2 heterocycles. The van der Waals surface area contributed by atoms with Gasteiger partial charge in [0.25, 0.3) is 5.56 Å². The fourth-order valence-electron chi connectivity index (χ4n) is 1.71. The Labute approximate surface area is 103 Å². The van der Waals surface area contributed by atoms with Crippen molar-refractivity contribution in [2.24, 2.45) is 0 Å². The Balaban J connectivity index is 2.24. The normalized spacial score (nSPS) is 10.7. The maximum Gasteiger partial charge on any atom is 0.331 e. The van der Waals surface area contributed by atoms with Gasteiger partial charge in [0.15, 0.2) is 0 Å². The van der Waals surface area contributed by atoms with Crippen LogP contribution in [0.4, 0.5) is 5.69 Å². The van der Waals surface area contributed by atoms with Crippen LogP contribution in [0.2, 0.25) is 0 Å². The number of aromatic nitrogens is 4. The zero-order chi connectivity index (χ0) is 13.1. The number of nitrogens with two attached hydrogens (primary N) is 1. The SMILES string of the molecule is CCn1ccc(=O)n(CCn2cc(N)cn2)c1=O. The van der Waals surface area contributed by atoms with E-state index in [0.717, 1.165) is 0 Å². The Morgan fingerprint density at radius 2 is 2.11 bits per heavy atom. The summed E-state index contributed by atoms with van der Waals surface area (Å²) < 4.78 is 4.28. The van der Waals surface area contributed by atoms with Crippen LogP contribution in [0.1, 0.15) is 6.92 Å². The molecule has 2 rings (SSSR count). The molecule has 0 aliphatic heterocycles. The molecule has 2 N–H and O–H groups in total. The van der Waals surface area contributed by atoms with E-state index in [1.807, 2.05) is 6.92 Å². The molecule has 2 aromatic heterocycles. The fraction of sp³-hybridized carbons (Fsp3) is 0.364. The second-order valence-electron chi connectivity index (χ2n) is 3.91. The van der Waals surface area contributed by atoms with Crippen molar-refractivity contribution in [3.8, 4) is 0 Å². The molecule has 96 valence electrons. The monoisotopic (exact) mass is 249 g/mol. The number of aryl methyl sites for hydroxylation is 2. The third-order valence-corrected chi connectivity index (χ3v) is 2.69. The van der Waals surface area contributed by atoms with Crippen molar-refractivity contribution in [1.82, 2.24) is 18.9 Å². The van der Waals surface area contributed by atoms with E-state index in [2.05, 4.69) is 5.10 Å². The lowest BCUT2D eigenvalue weighted by Crippen LogP contribution is -2.39. The summed E-state index contributed by atoms with van der Waals surface area (Å²) in [7, 11) is 0. The van der Waals surface area contributed by atoms with Gasteiger partial charge in [-0.25, -0.2) is 4.79 Å². The van der Waals surface area contributed by atoms with Crippen molar-refractivity contribution in [2.45, 2.75) is 26.6 Å². The molecule has 0 aromatic carbocycles. The highest BCUT2D eigenvalue weighted by Gasteiger charge is 2.04. The summed E-state index contributed by atoms with van der Waals surface area (Å²) >= 11 is 0. The van der Waals surface area contributed by atoms with E-state index in [-0.39, 0.29) is 17.8 Å². The smallest absolute Gasteiger partial charge is 0.331 e. The van der Waals surface area contributed by atoms with Gasteiger partial charge in [0, 0.05) is 25.0 Å². The number of hydrogen-bond donors (Lipinski definition) is 1. The Morgan fingerprint density at radius 1 is 1.33 bits per heavy atom. The van der Waals surface area contributed by atoms with Gasteiger partial charge < -0.3 is 10.3 Å². The minimum Gasteiger partial charge on any atom is -0.396 e. The summed E-state index contributed by atoms with van der Waals surface area (Å²) in [5, 5.41) is 4.00. The predicted octanol–water partition coefficient (Wildman–Crippen LogP) is -0.491. The summed E-state index contributed by atoms with van der Waals surface area (Å²) in [6, 6.07) is 1.39. The highest BCUT2D eigenvalue weighted by molar-refractivity contribution is 5.30. The van der Waals surface area contributed by atoms with E-state index in [0.29, 0.717) is 18.8 Å². The molecule has 0 radical (unpaired) electrons. The van der Waals surface area contributed by atoms with Gasteiger partial charge in [0.2, 0.25) is 0 Å². The summed E-state index contributed by atoms with van der Waals surface area (Å²) in [6.07, 6.45) is 4.69. The minimum atomic E-state index is -0.301. The van der Waals surface area contributed by atoms with Crippen molar-refractivity contribution in [1.29, 1.82) is 0 Å². The topological polar surface area (TPSA) is 87.8 Å². The molecule has 0 fully saturated rings. The summed E-state index contributed by atoms with van der Waals surface area (Å²) in [4.78, 5) is 23.5. The zero-order valence-corrected chi connectivity index (χ0v) is 10.1. The zero-order valence-electron chi connectivity index (χ0n) is 10.1. The summed E-state index contributed by atoms with van der Waals surface area (Å²) in [5.74, 6) is 0. The first-order valence-electron chi connectivity index (χ1n) is 5.70. The van der Waals surface area contributed by atoms with Crippen molar-refractivity contribution < 1.29 is 0 Å². The predicted molar refractivity (Wildman–Crippen MR) is 67.3 cm³/mol. The van der Waals surface area contributed by atoms with E-state index in [1.165, 1.54) is 27.6 Å². The van der Waals surface area contributed by atoms with Crippen LogP contribution in [-0.4, -0.2) is 18.9 Å². The van der Waals surface area contributed by atoms with Gasteiger partial charge in [0.05, 0.1) is 25.0 Å². The third-order valence-electron chi connectivity index (χ3n) is 2.69. The lowest BCUT2D eigenvalue weighted by Gasteiger charge is -2.07. The molecule has 18 heavy (non-hydrogen) atoms. The van der Waals surface area contributed by atoms with Crippen LogP contribution in [-0.2, 0) is 19.6 Å². The molecule has 0 bridgehead atoms. The maximum absolute atomic E-state index is 11.9. The fourth-order valence-corrected chi connectivity index (χ4v) is 1.71. The van der Waals surface area contributed by atoms with Crippen LogP contribution < -0.4 is 17.0 Å². The van der Waals surface area contributed by atoms with Crippen LogP contribution in [0.15, 0.2) is 34.2 Å². The van der Waals surface area contributed by atoms with Crippen LogP contribution in [0, 0.1) is 0 Å². The lowest BCUT2D eigenvalue weighted by molar-refractivity contribution is 0.488. The largest absolute Gasteiger partial charge is 0.396 e. The second-order valence-corrected chi connectivity index (χ2v) is 3.91. The molecule has 0 aliphatic carbocycles. The van der Waals surface area contributed by atoms with E-state index < -0.39 is 0 Å². The van der Waals surface area contributed by atoms with E-state index >= 15 is 0 Å². The number of nitrogens with zero attached hydrogens (tertiary/aromatic N) is 4. The van der Waals surface area contributed by atoms with E-state index in [1.54, 1.807) is 10.9 Å². The Kier molecular flexibility index (Phi) is 3.31. The first-order chi connectivity index (χ1) is 8.61. The highest BCUT2D eigenvalue weighted by atomic mass is 16.2.